The van der Waals surface area contributed by atoms with Gasteiger partial charge in [-0.3, -0.25) is 4.79 Å². The minimum absolute atomic E-state index is 0.178. The first-order valence-corrected chi connectivity index (χ1v) is 9.21. The number of rotatable bonds is 4. The van der Waals surface area contributed by atoms with Crippen molar-refractivity contribution in [3.8, 4) is 0 Å². The number of sulfonamides is 1. The molecule has 8 heteroatoms. The van der Waals surface area contributed by atoms with Crippen molar-refractivity contribution >= 4 is 21.7 Å². The zero-order chi connectivity index (χ0) is 16.4. The van der Waals surface area contributed by atoms with E-state index in [2.05, 4.69) is 0 Å². The molecule has 1 atom stereocenters. The summed E-state index contributed by atoms with van der Waals surface area (Å²) in [4.78, 5) is 13.5. The maximum absolute atomic E-state index is 13.0. The third kappa shape index (κ3) is 3.64. The fraction of sp³-hybridized carbons (Fsp3) is 0.533. The molecule has 2 aliphatic rings. The lowest BCUT2D eigenvalue weighted by Gasteiger charge is -2.35. The number of carbonyl (C=O) groups is 1. The van der Waals surface area contributed by atoms with Crippen molar-refractivity contribution in [2.75, 3.05) is 43.4 Å². The lowest BCUT2D eigenvalue weighted by molar-refractivity contribution is -0.140. The molecule has 0 bridgehead atoms. The Labute approximate surface area is 134 Å². The summed E-state index contributed by atoms with van der Waals surface area (Å²) >= 11 is 0. The summed E-state index contributed by atoms with van der Waals surface area (Å²) in [6.45, 7) is 2.11. The van der Waals surface area contributed by atoms with Gasteiger partial charge in [0.25, 0.3) is 0 Å². The topological polar surface area (TPSA) is 66.9 Å². The number of carbonyl (C=O) groups excluding carboxylic acids is 1. The van der Waals surface area contributed by atoms with Crippen molar-refractivity contribution in [2.24, 2.45) is 5.92 Å². The van der Waals surface area contributed by atoms with E-state index < -0.39 is 21.9 Å². The zero-order valence-corrected chi connectivity index (χ0v) is 13.5. The molecule has 0 radical (unpaired) electrons. The van der Waals surface area contributed by atoms with Crippen LogP contribution < -0.4 is 4.90 Å². The number of benzene rings is 1. The van der Waals surface area contributed by atoms with Gasteiger partial charge in [-0.1, -0.05) is 0 Å². The smallest absolute Gasteiger partial charge is 0.310 e. The minimum Gasteiger partial charge on any atom is -0.465 e. The summed E-state index contributed by atoms with van der Waals surface area (Å²) in [5, 5.41) is 0. The van der Waals surface area contributed by atoms with Gasteiger partial charge in [-0.15, -0.1) is 0 Å². The van der Waals surface area contributed by atoms with Gasteiger partial charge in [0.1, 0.15) is 5.82 Å². The summed E-state index contributed by atoms with van der Waals surface area (Å²) in [7, 11) is -3.47. The second kappa shape index (κ2) is 6.45. The predicted octanol–water partition coefficient (Wildman–Crippen LogP) is 0.841. The van der Waals surface area contributed by atoms with Crippen LogP contribution in [0.4, 0.5) is 10.1 Å². The standard InChI is InChI=1S/C15H19FN2O4S/c16-13-1-3-14(4-2-13)17-6-8-18(9-7-17)23(20,21)11-12-5-10-22-15(12)19/h1-4,12H,5-11H2. The molecule has 0 spiro atoms. The number of cyclic esters (lactones) is 1. The molecule has 2 aliphatic heterocycles. The Balaban J connectivity index is 1.59. The molecule has 1 unspecified atom stereocenters. The Morgan fingerprint density at radius 3 is 2.35 bits per heavy atom. The molecule has 1 aromatic rings. The van der Waals surface area contributed by atoms with E-state index in [-0.39, 0.29) is 11.6 Å². The van der Waals surface area contributed by atoms with Crippen LogP contribution in [0.15, 0.2) is 24.3 Å². The molecule has 2 fully saturated rings. The highest BCUT2D eigenvalue weighted by Crippen LogP contribution is 2.21. The van der Waals surface area contributed by atoms with Gasteiger partial charge in [-0.2, -0.15) is 4.31 Å². The highest BCUT2D eigenvalue weighted by molar-refractivity contribution is 7.89. The third-order valence-corrected chi connectivity index (χ3v) is 6.26. The summed E-state index contributed by atoms with van der Waals surface area (Å²) in [5.74, 6) is -1.44. The number of hydrogen-bond donors (Lipinski definition) is 0. The van der Waals surface area contributed by atoms with E-state index in [4.69, 9.17) is 4.74 Å². The minimum atomic E-state index is -3.47. The van der Waals surface area contributed by atoms with Gasteiger partial charge in [0.05, 0.1) is 18.3 Å². The lowest BCUT2D eigenvalue weighted by Crippen LogP contribution is -2.50. The Morgan fingerprint density at radius 1 is 1.13 bits per heavy atom. The van der Waals surface area contributed by atoms with Crippen LogP contribution in [0.25, 0.3) is 0 Å². The largest absolute Gasteiger partial charge is 0.465 e. The molecule has 0 aliphatic carbocycles. The van der Waals surface area contributed by atoms with Crippen LogP contribution in [0.2, 0.25) is 0 Å². The Hall–Kier alpha value is -1.67. The van der Waals surface area contributed by atoms with Crippen LogP contribution >= 0.6 is 0 Å². The second-order valence-corrected chi connectivity index (χ2v) is 7.81. The van der Waals surface area contributed by atoms with Gasteiger partial charge in [-0.05, 0) is 30.7 Å². The van der Waals surface area contributed by atoms with E-state index in [1.807, 2.05) is 4.90 Å². The fourth-order valence-corrected chi connectivity index (χ4v) is 4.67. The van der Waals surface area contributed by atoms with Crippen LogP contribution in [0.5, 0.6) is 0 Å². The SMILES string of the molecule is O=C1OCCC1CS(=O)(=O)N1CCN(c2ccc(F)cc2)CC1. The first-order valence-electron chi connectivity index (χ1n) is 7.61. The number of nitrogens with zero attached hydrogens (tertiary/aromatic N) is 2. The van der Waals surface area contributed by atoms with Gasteiger partial charge in [-0.25, -0.2) is 12.8 Å². The molecule has 0 aromatic heterocycles. The van der Waals surface area contributed by atoms with Crippen molar-refractivity contribution in [2.45, 2.75) is 6.42 Å². The molecule has 3 rings (SSSR count). The maximum atomic E-state index is 13.0. The zero-order valence-electron chi connectivity index (χ0n) is 12.7. The van der Waals surface area contributed by atoms with Gasteiger partial charge in [0.15, 0.2) is 0 Å². The number of halogens is 1. The third-order valence-electron chi connectivity index (χ3n) is 4.28. The molecule has 1 aromatic carbocycles. The Kier molecular flexibility index (Phi) is 4.54. The van der Waals surface area contributed by atoms with Crippen LogP contribution in [-0.4, -0.2) is 57.2 Å². The second-order valence-electron chi connectivity index (χ2n) is 5.79. The molecule has 0 saturated carbocycles. The van der Waals surface area contributed by atoms with E-state index in [1.165, 1.54) is 16.4 Å². The Morgan fingerprint density at radius 2 is 1.78 bits per heavy atom. The van der Waals surface area contributed by atoms with Crippen molar-refractivity contribution in [3.63, 3.8) is 0 Å². The molecule has 2 heterocycles. The summed E-state index contributed by atoms with van der Waals surface area (Å²) in [6.07, 6.45) is 0.466. The van der Waals surface area contributed by atoms with E-state index in [1.54, 1.807) is 12.1 Å². The van der Waals surface area contributed by atoms with Gasteiger partial charge in [0.2, 0.25) is 10.0 Å². The van der Waals surface area contributed by atoms with E-state index >= 15 is 0 Å². The normalized spacial score (nSPS) is 23.1. The van der Waals surface area contributed by atoms with Gasteiger partial charge >= 0.3 is 5.97 Å². The number of ether oxygens (including phenoxy) is 1. The summed E-state index contributed by atoms with van der Waals surface area (Å²) < 4.78 is 44.1. The van der Waals surface area contributed by atoms with Crippen LogP contribution in [-0.2, 0) is 19.6 Å². The van der Waals surface area contributed by atoms with Gasteiger partial charge in [0, 0.05) is 31.9 Å². The quantitative estimate of drug-likeness (QED) is 0.759. The van der Waals surface area contributed by atoms with Crippen LogP contribution in [0.3, 0.4) is 0 Å². The van der Waals surface area contributed by atoms with Crippen LogP contribution in [0, 0.1) is 11.7 Å². The highest BCUT2D eigenvalue weighted by Gasteiger charge is 2.35. The molecular formula is C15H19FN2O4S. The van der Waals surface area contributed by atoms with E-state index in [0.29, 0.717) is 39.2 Å². The first-order chi connectivity index (χ1) is 11.0. The van der Waals surface area contributed by atoms with Crippen molar-refractivity contribution < 1.29 is 22.3 Å². The maximum Gasteiger partial charge on any atom is 0.310 e. The van der Waals surface area contributed by atoms with Crippen LogP contribution in [0.1, 0.15) is 6.42 Å². The molecular weight excluding hydrogens is 323 g/mol. The molecule has 0 amide bonds. The average molecular weight is 342 g/mol. The lowest BCUT2D eigenvalue weighted by atomic mass is 10.1. The first kappa shape index (κ1) is 16.2. The molecule has 0 N–H and O–H groups in total. The molecule has 6 nitrogen and oxygen atoms in total. The van der Waals surface area contributed by atoms with Crippen molar-refractivity contribution in [3.05, 3.63) is 30.1 Å². The van der Waals surface area contributed by atoms with Crippen molar-refractivity contribution in [1.82, 2.24) is 4.31 Å². The number of hydrogen-bond acceptors (Lipinski definition) is 5. The molecule has 23 heavy (non-hydrogen) atoms. The van der Waals surface area contributed by atoms with Crippen molar-refractivity contribution in [1.29, 1.82) is 0 Å². The average Bonchev–Trinajstić information content (AvgIpc) is 2.93. The number of anilines is 1. The predicted molar refractivity (Wildman–Crippen MR) is 83.0 cm³/mol. The molecule has 2 saturated heterocycles. The van der Waals surface area contributed by atoms with Gasteiger partial charge < -0.3 is 9.64 Å². The van der Waals surface area contributed by atoms with E-state index in [9.17, 15) is 17.6 Å². The fourth-order valence-electron chi connectivity index (χ4n) is 2.92. The Bertz CT molecular complexity index is 669. The van der Waals surface area contributed by atoms with E-state index in [0.717, 1.165) is 5.69 Å². The highest BCUT2D eigenvalue weighted by atomic mass is 32.2. The number of esters is 1. The monoisotopic (exact) mass is 342 g/mol. The molecule has 126 valence electrons. The number of piperazine rings is 1. The summed E-state index contributed by atoms with van der Waals surface area (Å²) in [6, 6.07) is 6.16. The summed E-state index contributed by atoms with van der Waals surface area (Å²) in [5.41, 5.74) is 0.878.